The highest BCUT2D eigenvalue weighted by Gasteiger charge is 2.33. The van der Waals surface area contributed by atoms with Crippen molar-refractivity contribution in [3.63, 3.8) is 0 Å². The first-order valence-electron chi connectivity index (χ1n) is 14.3. The zero-order valence-electron chi connectivity index (χ0n) is 23.3. The van der Waals surface area contributed by atoms with Gasteiger partial charge in [-0.15, -0.1) is 0 Å². The molecule has 40 heavy (non-hydrogen) atoms. The molecule has 3 aliphatic heterocycles. The maximum atomic E-state index is 13.3. The number of rotatable bonds is 6. The first-order valence-corrected chi connectivity index (χ1v) is 14.3. The minimum absolute atomic E-state index is 0.00439. The van der Waals surface area contributed by atoms with Crippen molar-refractivity contribution in [2.75, 3.05) is 26.2 Å². The van der Waals surface area contributed by atoms with Crippen molar-refractivity contribution in [3.8, 4) is 11.5 Å². The van der Waals surface area contributed by atoms with Crippen LogP contribution in [0.3, 0.4) is 0 Å². The highest BCUT2D eigenvalue weighted by Crippen LogP contribution is 2.35. The van der Waals surface area contributed by atoms with Crippen LogP contribution in [-0.2, 0) is 29.2 Å². The van der Waals surface area contributed by atoms with Crippen LogP contribution in [0, 0.1) is 11.8 Å². The maximum absolute atomic E-state index is 13.3. The Labute approximate surface area is 235 Å². The lowest BCUT2D eigenvalue weighted by Gasteiger charge is -2.36. The van der Waals surface area contributed by atoms with Crippen LogP contribution in [0.1, 0.15) is 78.1 Å². The number of aromatic hydroxyl groups is 2. The fourth-order valence-corrected chi connectivity index (χ4v) is 6.29. The Morgan fingerprint density at radius 1 is 0.825 bits per heavy atom. The molecule has 5 rings (SSSR count). The van der Waals surface area contributed by atoms with Crippen molar-refractivity contribution in [2.45, 2.75) is 65.1 Å². The number of carboxylic acids is 1. The SMILES string of the molecule is CC(C)c1cc(C(=O)N2Cc3ccc(CN4CCC(C(=O)N5CCC(C(=O)O)CC5)CC4)cc3C2)c(O)cc1O. The summed E-state index contributed by atoms with van der Waals surface area (Å²) >= 11 is 0. The third kappa shape index (κ3) is 5.80. The van der Waals surface area contributed by atoms with E-state index in [2.05, 4.69) is 23.1 Å². The van der Waals surface area contributed by atoms with Crippen molar-refractivity contribution in [3.05, 3.63) is 58.1 Å². The van der Waals surface area contributed by atoms with E-state index in [-0.39, 0.29) is 46.6 Å². The fourth-order valence-electron chi connectivity index (χ4n) is 6.29. The molecule has 3 aliphatic rings. The van der Waals surface area contributed by atoms with Gasteiger partial charge in [0.1, 0.15) is 11.5 Å². The van der Waals surface area contributed by atoms with E-state index in [1.165, 1.54) is 11.6 Å². The minimum Gasteiger partial charge on any atom is -0.508 e. The molecule has 2 aromatic rings. The average Bonchev–Trinajstić information content (AvgIpc) is 3.36. The van der Waals surface area contributed by atoms with Crippen molar-refractivity contribution < 1.29 is 29.7 Å². The number of hydrogen-bond acceptors (Lipinski definition) is 6. The molecular formula is C31H39N3O6. The summed E-state index contributed by atoms with van der Waals surface area (Å²) in [6, 6.07) is 9.18. The zero-order valence-corrected chi connectivity index (χ0v) is 23.3. The van der Waals surface area contributed by atoms with E-state index in [1.54, 1.807) is 11.0 Å². The lowest BCUT2D eigenvalue weighted by molar-refractivity contribution is -0.147. The Bertz CT molecular complexity index is 1290. The van der Waals surface area contributed by atoms with Gasteiger partial charge in [-0.25, -0.2) is 0 Å². The molecule has 3 N–H and O–H groups in total. The topological polar surface area (TPSA) is 122 Å². The van der Waals surface area contributed by atoms with Gasteiger partial charge < -0.3 is 25.1 Å². The Kier molecular flexibility index (Phi) is 8.03. The van der Waals surface area contributed by atoms with Crippen LogP contribution in [0.4, 0.5) is 0 Å². The van der Waals surface area contributed by atoms with E-state index in [1.807, 2.05) is 18.7 Å². The van der Waals surface area contributed by atoms with Crippen LogP contribution in [0.25, 0.3) is 0 Å². The third-order valence-corrected chi connectivity index (χ3v) is 8.78. The highest BCUT2D eigenvalue weighted by atomic mass is 16.4. The summed E-state index contributed by atoms with van der Waals surface area (Å²) in [7, 11) is 0. The molecule has 2 saturated heterocycles. The number of benzene rings is 2. The number of nitrogens with zero attached hydrogens (tertiary/aromatic N) is 3. The molecule has 214 valence electrons. The van der Waals surface area contributed by atoms with Crippen molar-refractivity contribution in [1.82, 2.24) is 14.7 Å². The zero-order chi connectivity index (χ0) is 28.6. The summed E-state index contributed by atoms with van der Waals surface area (Å²) in [5.41, 5.74) is 4.20. The van der Waals surface area contributed by atoms with Crippen LogP contribution < -0.4 is 0 Å². The molecule has 0 saturated carbocycles. The van der Waals surface area contributed by atoms with Crippen molar-refractivity contribution in [1.29, 1.82) is 0 Å². The number of carbonyl (C=O) groups excluding carboxylic acids is 2. The van der Waals surface area contributed by atoms with Crippen LogP contribution in [0.15, 0.2) is 30.3 Å². The number of piperidine rings is 2. The first kappa shape index (κ1) is 28.0. The molecule has 0 atom stereocenters. The van der Waals surface area contributed by atoms with Crippen LogP contribution in [-0.4, -0.2) is 74.0 Å². The van der Waals surface area contributed by atoms with Crippen LogP contribution >= 0.6 is 0 Å². The number of fused-ring (bicyclic) bond motifs is 1. The van der Waals surface area contributed by atoms with Gasteiger partial charge in [0, 0.05) is 44.7 Å². The lowest BCUT2D eigenvalue weighted by Crippen LogP contribution is -2.46. The second-order valence-electron chi connectivity index (χ2n) is 11.8. The van der Waals surface area contributed by atoms with Crippen molar-refractivity contribution >= 4 is 17.8 Å². The normalized spacial score (nSPS) is 18.8. The van der Waals surface area contributed by atoms with E-state index in [0.29, 0.717) is 44.6 Å². The number of aliphatic carboxylic acids is 1. The van der Waals surface area contributed by atoms with Gasteiger partial charge in [-0.05, 0) is 73.0 Å². The average molecular weight is 550 g/mol. The molecule has 2 aromatic carbocycles. The largest absolute Gasteiger partial charge is 0.508 e. The van der Waals surface area contributed by atoms with E-state index < -0.39 is 5.97 Å². The molecule has 0 bridgehead atoms. The quantitative estimate of drug-likeness (QED) is 0.499. The highest BCUT2D eigenvalue weighted by molar-refractivity contribution is 5.97. The Morgan fingerprint density at radius 2 is 1.48 bits per heavy atom. The van der Waals surface area contributed by atoms with Gasteiger partial charge in [-0.2, -0.15) is 0 Å². The smallest absolute Gasteiger partial charge is 0.306 e. The molecule has 2 fully saturated rings. The molecule has 9 heteroatoms. The van der Waals surface area contributed by atoms with E-state index in [0.717, 1.165) is 43.6 Å². The van der Waals surface area contributed by atoms with E-state index in [9.17, 15) is 29.7 Å². The van der Waals surface area contributed by atoms with Gasteiger partial charge in [0.05, 0.1) is 11.5 Å². The lowest BCUT2D eigenvalue weighted by atomic mass is 9.92. The summed E-state index contributed by atoms with van der Waals surface area (Å²) in [4.78, 5) is 43.4. The van der Waals surface area contributed by atoms with Gasteiger partial charge >= 0.3 is 5.97 Å². The maximum Gasteiger partial charge on any atom is 0.306 e. The number of carbonyl (C=O) groups is 3. The molecule has 0 spiro atoms. The Balaban J connectivity index is 1.15. The van der Waals surface area contributed by atoms with Crippen LogP contribution in [0.2, 0.25) is 0 Å². The molecule has 0 aliphatic carbocycles. The van der Waals surface area contributed by atoms with Gasteiger partial charge in [0.15, 0.2) is 0 Å². The molecule has 3 heterocycles. The monoisotopic (exact) mass is 549 g/mol. The van der Waals surface area contributed by atoms with E-state index in [4.69, 9.17) is 0 Å². The number of phenols is 2. The van der Waals surface area contributed by atoms with Gasteiger partial charge in [0.2, 0.25) is 5.91 Å². The number of likely N-dealkylation sites (tertiary alicyclic amines) is 2. The summed E-state index contributed by atoms with van der Waals surface area (Å²) < 4.78 is 0. The fraction of sp³-hybridized carbons (Fsp3) is 0.516. The van der Waals surface area contributed by atoms with Gasteiger partial charge in [0.25, 0.3) is 5.91 Å². The summed E-state index contributed by atoms with van der Waals surface area (Å²) in [6.45, 7) is 8.33. The molecule has 2 amide bonds. The minimum atomic E-state index is -0.761. The third-order valence-electron chi connectivity index (χ3n) is 8.78. The summed E-state index contributed by atoms with van der Waals surface area (Å²) in [6.07, 6.45) is 2.69. The first-order chi connectivity index (χ1) is 19.1. The molecule has 0 aromatic heterocycles. The second-order valence-corrected chi connectivity index (χ2v) is 11.8. The standard InChI is InChI=1S/C31H39N3O6/c1-19(2)25-14-26(28(36)15-27(25)35)30(38)34-17-23-4-3-20(13-24(23)18-34)16-32-9-5-21(6-10-32)29(37)33-11-7-22(8-12-33)31(39)40/h3-4,13-15,19,21-22,35-36H,5-12,16-18H2,1-2H3,(H,39,40). The van der Waals surface area contributed by atoms with Crippen LogP contribution in [0.5, 0.6) is 11.5 Å². The number of hydrogen-bond donors (Lipinski definition) is 3. The Morgan fingerprint density at radius 3 is 2.12 bits per heavy atom. The van der Waals surface area contributed by atoms with Gasteiger partial charge in [-0.1, -0.05) is 32.0 Å². The molecule has 9 nitrogen and oxygen atoms in total. The summed E-state index contributed by atoms with van der Waals surface area (Å²) in [5.74, 6) is -1.37. The molecule has 0 unspecified atom stereocenters. The predicted octanol–water partition coefficient (Wildman–Crippen LogP) is 3.91. The number of amides is 2. The molecule has 0 radical (unpaired) electrons. The number of phenolic OH excluding ortho intramolecular Hbond substituents is 2. The molecular weight excluding hydrogens is 510 g/mol. The van der Waals surface area contributed by atoms with Gasteiger partial charge in [-0.3, -0.25) is 19.3 Å². The van der Waals surface area contributed by atoms with E-state index >= 15 is 0 Å². The summed E-state index contributed by atoms with van der Waals surface area (Å²) in [5, 5.41) is 29.7. The predicted molar refractivity (Wildman–Crippen MR) is 149 cm³/mol. The van der Waals surface area contributed by atoms with Crippen molar-refractivity contribution in [2.24, 2.45) is 11.8 Å². The second kappa shape index (κ2) is 11.5. The number of carboxylic acid groups (broad SMARTS) is 1. The Hall–Kier alpha value is -3.59.